The van der Waals surface area contributed by atoms with Gasteiger partial charge in [0, 0.05) is 5.54 Å². The van der Waals surface area contributed by atoms with Crippen LogP contribution in [0.4, 0.5) is 0 Å². The molecule has 2 aliphatic rings. The fourth-order valence-electron chi connectivity index (χ4n) is 4.95. The lowest BCUT2D eigenvalue weighted by atomic mass is 9.79. The van der Waals surface area contributed by atoms with Gasteiger partial charge in [0.2, 0.25) is 0 Å². The average Bonchev–Trinajstić information content (AvgIpc) is 3.09. The van der Waals surface area contributed by atoms with Gasteiger partial charge in [-0.1, -0.05) is 48.5 Å². The topological polar surface area (TPSA) is 46.2 Å². The monoisotopic (exact) mass is 349 g/mol. The third kappa shape index (κ3) is 3.87. The summed E-state index contributed by atoms with van der Waals surface area (Å²) in [5.41, 5.74) is 11.9. The third-order valence-corrected chi connectivity index (χ3v) is 6.67. The van der Waals surface area contributed by atoms with Crippen molar-refractivity contribution < 1.29 is 5.11 Å². The number of benzene rings is 2. The number of nitrogens with two attached hydrogens (primary N) is 1. The molecule has 2 aliphatic carbocycles. The van der Waals surface area contributed by atoms with Crippen molar-refractivity contribution in [2.24, 2.45) is 11.7 Å². The van der Waals surface area contributed by atoms with Crippen molar-refractivity contribution >= 4 is 0 Å². The molecule has 26 heavy (non-hydrogen) atoms. The highest BCUT2D eigenvalue weighted by atomic mass is 16.3. The second kappa shape index (κ2) is 7.54. The molecule has 0 radical (unpaired) electrons. The van der Waals surface area contributed by atoms with Gasteiger partial charge in [0.05, 0.1) is 6.61 Å². The van der Waals surface area contributed by atoms with Crippen LogP contribution in [-0.4, -0.2) is 17.3 Å². The van der Waals surface area contributed by atoms with E-state index in [4.69, 9.17) is 5.73 Å². The molecule has 0 unspecified atom stereocenters. The maximum absolute atomic E-state index is 9.52. The molecule has 0 heterocycles. The highest BCUT2D eigenvalue weighted by Gasteiger charge is 2.36. The van der Waals surface area contributed by atoms with Gasteiger partial charge in [-0.3, -0.25) is 0 Å². The third-order valence-electron chi connectivity index (χ3n) is 6.67. The van der Waals surface area contributed by atoms with E-state index in [0.717, 1.165) is 25.2 Å². The summed E-state index contributed by atoms with van der Waals surface area (Å²) in [7, 11) is 0. The molecule has 2 aromatic carbocycles. The fourth-order valence-corrected chi connectivity index (χ4v) is 4.95. The lowest BCUT2D eigenvalue weighted by Gasteiger charge is -2.26. The van der Waals surface area contributed by atoms with E-state index in [1.165, 1.54) is 43.2 Å². The number of aliphatic hydroxyl groups is 1. The van der Waals surface area contributed by atoms with E-state index in [2.05, 4.69) is 48.5 Å². The number of aliphatic hydroxyl groups excluding tert-OH is 1. The summed E-state index contributed by atoms with van der Waals surface area (Å²) < 4.78 is 0. The first kappa shape index (κ1) is 17.8. The van der Waals surface area contributed by atoms with Crippen molar-refractivity contribution in [1.82, 2.24) is 0 Å². The predicted octanol–water partition coefficient (Wildman–Crippen LogP) is 4.38. The largest absolute Gasteiger partial charge is 0.394 e. The first-order valence-corrected chi connectivity index (χ1v) is 10.2. The lowest BCUT2D eigenvalue weighted by molar-refractivity contribution is 0.198. The van der Waals surface area contributed by atoms with Crippen molar-refractivity contribution in [3.8, 4) is 0 Å². The van der Waals surface area contributed by atoms with Crippen LogP contribution in [0.15, 0.2) is 48.5 Å². The minimum atomic E-state index is -0.358. The van der Waals surface area contributed by atoms with Crippen LogP contribution < -0.4 is 5.73 Å². The van der Waals surface area contributed by atoms with E-state index in [-0.39, 0.29) is 12.1 Å². The summed E-state index contributed by atoms with van der Waals surface area (Å²) in [5, 5.41) is 9.52. The van der Waals surface area contributed by atoms with Gasteiger partial charge >= 0.3 is 0 Å². The zero-order valence-electron chi connectivity index (χ0n) is 15.7. The van der Waals surface area contributed by atoms with Crippen LogP contribution in [0.2, 0.25) is 0 Å². The maximum Gasteiger partial charge on any atom is 0.0611 e. The Morgan fingerprint density at radius 2 is 1.88 bits per heavy atom. The van der Waals surface area contributed by atoms with Gasteiger partial charge in [-0.05, 0) is 85.5 Å². The van der Waals surface area contributed by atoms with E-state index in [0.29, 0.717) is 5.92 Å². The average molecular weight is 350 g/mol. The smallest absolute Gasteiger partial charge is 0.0611 e. The Morgan fingerprint density at radius 1 is 1.04 bits per heavy atom. The Kier molecular flexibility index (Phi) is 5.15. The van der Waals surface area contributed by atoms with Crippen LogP contribution in [0, 0.1) is 5.92 Å². The fraction of sp³-hybridized carbons (Fsp3) is 0.500. The quantitative estimate of drug-likeness (QED) is 0.841. The molecule has 0 aromatic heterocycles. The zero-order chi connectivity index (χ0) is 18.0. The Morgan fingerprint density at radius 3 is 2.65 bits per heavy atom. The van der Waals surface area contributed by atoms with E-state index < -0.39 is 0 Å². The zero-order valence-corrected chi connectivity index (χ0v) is 15.7. The molecule has 3 atom stereocenters. The molecule has 0 aliphatic heterocycles. The molecular weight excluding hydrogens is 318 g/mol. The minimum absolute atomic E-state index is 0.109. The van der Waals surface area contributed by atoms with Crippen molar-refractivity contribution in [1.29, 1.82) is 0 Å². The van der Waals surface area contributed by atoms with Crippen LogP contribution in [-0.2, 0) is 19.3 Å². The summed E-state index contributed by atoms with van der Waals surface area (Å²) in [6.07, 6.45) is 9.20. The number of hydrogen-bond acceptors (Lipinski definition) is 2. The highest BCUT2D eigenvalue weighted by molar-refractivity contribution is 5.36. The number of fused-ring (bicyclic) bond motifs is 1. The van der Waals surface area contributed by atoms with Gasteiger partial charge in [-0.15, -0.1) is 0 Å². The second-order valence-electron chi connectivity index (χ2n) is 8.62. The summed E-state index contributed by atoms with van der Waals surface area (Å²) in [6.45, 7) is 0.109. The molecular formula is C24H31NO. The number of rotatable bonds is 5. The molecule has 0 saturated heterocycles. The molecule has 2 nitrogen and oxygen atoms in total. The van der Waals surface area contributed by atoms with Crippen molar-refractivity contribution in [2.45, 2.75) is 62.8 Å². The van der Waals surface area contributed by atoms with Gasteiger partial charge in [0.15, 0.2) is 0 Å². The van der Waals surface area contributed by atoms with Gasteiger partial charge < -0.3 is 10.8 Å². The molecule has 1 fully saturated rings. The molecule has 0 amide bonds. The molecule has 4 rings (SSSR count). The van der Waals surface area contributed by atoms with E-state index in [9.17, 15) is 5.11 Å². The molecule has 2 heteroatoms. The lowest BCUT2D eigenvalue weighted by Crippen LogP contribution is -2.40. The van der Waals surface area contributed by atoms with Crippen molar-refractivity contribution in [2.75, 3.05) is 6.61 Å². The normalized spacial score (nSPS) is 28.1. The number of aryl methyl sites for hydroxylation is 2. The highest BCUT2D eigenvalue weighted by Crippen LogP contribution is 2.40. The summed E-state index contributed by atoms with van der Waals surface area (Å²) in [5.74, 6) is 1.33. The predicted molar refractivity (Wildman–Crippen MR) is 107 cm³/mol. The van der Waals surface area contributed by atoms with E-state index >= 15 is 0 Å². The molecule has 1 saturated carbocycles. The molecule has 0 bridgehead atoms. The Hall–Kier alpha value is -1.64. The van der Waals surface area contributed by atoms with Crippen LogP contribution >= 0.6 is 0 Å². The van der Waals surface area contributed by atoms with Crippen molar-refractivity contribution in [3.63, 3.8) is 0 Å². The molecule has 2 aromatic rings. The van der Waals surface area contributed by atoms with Crippen LogP contribution in [0.3, 0.4) is 0 Å². The Bertz CT molecular complexity index is 741. The van der Waals surface area contributed by atoms with Crippen molar-refractivity contribution in [3.05, 3.63) is 70.8 Å². The molecule has 0 spiro atoms. The maximum atomic E-state index is 9.52. The Labute approximate surface area is 157 Å². The Balaban J connectivity index is 1.38. The first-order chi connectivity index (χ1) is 12.6. The summed E-state index contributed by atoms with van der Waals surface area (Å²) in [4.78, 5) is 0. The van der Waals surface area contributed by atoms with Gasteiger partial charge in [-0.2, -0.15) is 0 Å². The summed E-state index contributed by atoms with van der Waals surface area (Å²) in [6, 6.07) is 18.0. The summed E-state index contributed by atoms with van der Waals surface area (Å²) >= 11 is 0. The standard InChI is InChI=1S/C24H31NO/c25-24(17-26)13-12-23(16-24)22-11-10-20-14-19(8-9-21(20)15-22)7-6-18-4-2-1-3-5-18/h1-5,10-11,15,19,23,26H,6-9,12-14,16-17,25H2/t19-,23+,24-/m1/s1. The molecule has 3 N–H and O–H groups in total. The van der Waals surface area contributed by atoms with Crippen LogP contribution in [0.5, 0.6) is 0 Å². The number of hydrogen-bond donors (Lipinski definition) is 2. The van der Waals surface area contributed by atoms with Crippen LogP contribution in [0.1, 0.15) is 60.3 Å². The second-order valence-corrected chi connectivity index (χ2v) is 8.62. The SMILES string of the molecule is N[C@]1(CO)CC[C@H](c2ccc3c(c2)CC[C@@H](CCc2ccccc2)C3)C1. The van der Waals surface area contributed by atoms with E-state index in [1.54, 1.807) is 11.1 Å². The van der Waals surface area contributed by atoms with Crippen LogP contribution in [0.25, 0.3) is 0 Å². The minimum Gasteiger partial charge on any atom is -0.394 e. The van der Waals surface area contributed by atoms with Gasteiger partial charge in [-0.25, -0.2) is 0 Å². The molecule has 138 valence electrons. The van der Waals surface area contributed by atoms with Gasteiger partial charge in [0.1, 0.15) is 0 Å². The van der Waals surface area contributed by atoms with E-state index in [1.807, 2.05) is 0 Å². The van der Waals surface area contributed by atoms with Gasteiger partial charge in [0.25, 0.3) is 0 Å². The first-order valence-electron chi connectivity index (χ1n) is 10.2.